The van der Waals surface area contributed by atoms with Crippen LogP contribution in [0.3, 0.4) is 0 Å². The van der Waals surface area contributed by atoms with Crippen LogP contribution in [-0.2, 0) is 6.54 Å². The summed E-state index contributed by atoms with van der Waals surface area (Å²) in [5.41, 5.74) is 7.42. The van der Waals surface area contributed by atoms with E-state index in [0.717, 1.165) is 0 Å². The van der Waals surface area contributed by atoms with Gasteiger partial charge in [-0.3, -0.25) is 4.68 Å². The highest BCUT2D eigenvalue weighted by Crippen LogP contribution is 2.38. The van der Waals surface area contributed by atoms with Crippen molar-refractivity contribution < 1.29 is 31.8 Å². The molecule has 0 fully saturated rings. The Morgan fingerprint density at radius 3 is 2.48 bits per heavy atom. The van der Waals surface area contributed by atoms with Crippen LogP contribution < -0.4 is 10.5 Å². The van der Waals surface area contributed by atoms with Crippen LogP contribution in [0.15, 0.2) is 42.5 Å². The number of ether oxygens (including phenoxy) is 1. The Kier molecular flexibility index (Phi) is 5.65. The highest BCUT2D eigenvalue weighted by molar-refractivity contribution is 5.92. The number of aryl methyl sites for hydroxylation is 1. The number of para-hydroxylation sites is 1. The van der Waals surface area contributed by atoms with Crippen LogP contribution in [0, 0.1) is 0 Å². The molecule has 2 aromatic carbocycles. The average molecular weight is 415 g/mol. The fourth-order valence-electron chi connectivity index (χ4n) is 2.84. The molecule has 0 amide bonds. The molecular weight excluding hydrogens is 397 g/mol. The van der Waals surface area contributed by atoms with E-state index in [0.29, 0.717) is 40.8 Å². The number of halogens is 5. The summed E-state index contributed by atoms with van der Waals surface area (Å²) in [4.78, 5) is 0. The summed E-state index contributed by atoms with van der Waals surface area (Å²) >= 11 is 0. The number of hydrogen-bond acceptors (Lipinski definition) is 4. The van der Waals surface area contributed by atoms with Crippen LogP contribution in [0.1, 0.15) is 6.42 Å². The Hall–Kier alpha value is -2.88. The van der Waals surface area contributed by atoms with E-state index in [9.17, 15) is 22.0 Å². The number of anilines is 1. The minimum absolute atomic E-state index is 0.0367. The smallest absolute Gasteiger partial charge is 0.456 e. The molecule has 1 heterocycles. The standard InChI is InChI=1S/C19H18F5N3O2/c20-18(21,19(22,23)24)11-29-16-5-2-1-4-13(16)12-6-7-14-15(10-12)27(8-3-9-28)26-17(14)25/h1-2,4-7,10,28H,3,8-9,11H2,(H2,25,26). The molecule has 0 unspecified atom stereocenters. The molecule has 0 atom stereocenters. The molecule has 3 N–H and O–H groups in total. The average Bonchev–Trinajstić information content (AvgIpc) is 2.99. The van der Waals surface area contributed by atoms with Gasteiger partial charge in [0.1, 0.15) is 5.75 Å². The topological polar surface area (TPSA) is 73.3 Å². The Bertz CT molecular complexity index is 1000. The Labute approximate surface area is 162 Å². The van der Waals surface area contributed by atoms with Gasteiger partial charge in [-0.2, -0.15) is 27.1 Å². The van der Waals surface area contributed by atoms with Crippen molar-refractivity contribution in [2.45, 2.75) is 25.1 Å². The predicted octanol–water partition coefficient (Wildman–Crippen LogP) is 4.24. The summed E-state index contributed by atoms with van der Waals surface area (Å²) in [7, 11) is 0. The monoisotopic (exact) mass is 415 g/mol. The number of aliphatic hydroxyl groups is 1. The van der Waals surface area contributed by atoms with Gasteiger partial charge < -0.3 is 15.6 Å². The molecule has 1 aromatic heterocycles. The zero-order valence-electron chi connectivity index (χ0n) is 15.1. The largest absolute Gasteiger partial charge is 0.486 e. The molecule has 0 saturated heterocycles. The minimum Gasteiger partial charge on any atom is -0.486 e. The number of alkyl halides is 5. The van der Waals surface area contributed by atoms with Crippen LogP contribution in [-0.4, -0.2) is 40.2 Å². The SMILES string of the molecule is Nc1nn(CCCO)c2cc(-c3ccccc3OCC(F)(F)C(F)(F)F)ccc12. The zero-order chi connectivity index (χ0) is 21.2. The fourth-order valence-corrected chi connectivity index (χ4v) is 2.84. The minimum atomic E-state index is -5.70. The van der Waals surface area contributed by atoms with Crippen molar-refractivity contribution in [3.8, 4) is 16.9 Å². The molecule has 3 rings (SSSR count). The number of nitrogens with two attached hydrogens (primary N) is 1. The number of nitrogens with zero attached hydrogens (tertiary/aromatic N) is 2. The first kappa shape index (κ1) is 20.8. The molecule has 3 aromatic rings. The highest BCUT2D eigenvalue weighted by atomic mass is 19.4. The summed E-state index contributed by atoms with van der Waals surface area (Å²) < 4.78 is 70.2. The lowest BCUT2D eigenvalue weighted by Gasteiger charge is -2.20. The van der Waals surface area contributed by atoms with E-state index in [1.807, 2.05) is 0 Å². The number of hydrogen-bond donors (Lipinski definition) is 2. The first-order valence-corrected chi connectivity index (χ1v) is 8.67. The van der Waals surface area contributed by atoms with Crippen molar-refractivity contribution >= 4 is 16.7 Å². The molecule has 0 aliphatic rings. The van der Waals surface area contributed by atoms with Gasteiger partial charge in [0.15, 0.2) is 12.4 Å². The lowest BCUT2D eigenvalue weighted by Crippen LogP contribution is -2.41. The molecule has 156 valence electrons. The van der Waals surface area contributed by atoms with Gasteiger partial charge in [0.25, 0.3) is 0 Å². The predicted molar refractivity (Wildman–Crippen MR) is 97.8 cm³/mol. The van der Waals surface area contributed by atoms with Gasteiger partial charge in [0.05, 0.1) is 5.52 Å². The third kappa shape index (κ3) is 4.26. The Balaban J connectivity index is 1.96. The van der Waals surface area contributed by atoms with Gasteiger partial charge in [-0.05, 0) is 30.2 Å². The molecule has 10 heteroatoms. The second-order valence-corrected chi connectivity index (χ2v) is 6.40. The van der Waals surface area contributed by atoms with E-state index in [2.05, 4.69) is 5.10 Å². The van der Waals surface area contributed by atoms with E-state index < -0.39 is 18.7 Å². The van der Waals surface area contributed by atoms with E-state index in [-0.39, 0.29) is 12.4 Å². The maximum absolute atomic E-state index is 13.2. The van der Waals surface area contributed by atoms with Crippen LogP contribution in [0.5, 0.6) is 5.75 Å². The first-order valence-electron chi connectivity index (χ1n) is 8.67. The molecule has 5 nitrogen and oxygen atoms in total. The Morgan fingerprint density at radius 1 is 1.07 bits per heavy atom. The van der Waals surface area contributed by atoms with Crippen molar-refractivity contribution in [1.29, 1.82) is 0 Å². The van der Waals surface area contributed by atoms with Gasteiger partial charge in [-0.1, -0.05) is 24.3 Å². The molecule has 0 bridgehead atoms. The number of nitrogen functional groups attached to an aromatic ring is 1. The maximum Gasteiger partial charge on any atom is 0.456 e. The summed E-state index contributed by atoms with van der Waals surface area (Å²) in [6, 6.07) is 11.0. The van der Waals surface area contributed by atoms with Crippen molar-refractivity contribution in [2.75, 3.05) is 18.9 Å². The second-order valence-electron chi connectivity index (χ2n) is 6.40. The van der Waals surface area contributed by atoms with Crippen LogP contribution in [0.2, 0.25) is 0 Å². The van der Waals surface area contributed by atoms with Crippen molar-refractivity contribution in [1.82, 2.24) is 9.78 Å². The normalized spacial score (nSPS) is 12.5. The van der Waals surface area contributed by atoms with E-state index in [4.69, 9.17) is 15.6 Å². The molecular formula is C19H18F5N3O2. The van der Waals surface area contributed by atoms with Gasteiger partial charge in [0.2, 0.25) is 0 Å². The van der Waals surface area contributed by atoms with Crippen molar-refractivity contribution in [3.05, 3.63) is 42.5 Å². The van der Waals surface area contributed by atoms with Crippen LogP contribution in [0.25, 0.3) is 22.0 Å². The highest BCUT2D eigenvalue weighted by Gasteiger charge is 2.58. The fraction of sp³-hybridized carbons (Fsp3) is 0.316. The van der Waals surface area contributed by atoms with E-state index in [1.165, 1.54) is 12.1 Å². The number of rotatable bonds is 7. The number of fused-ring (bicyclic) bond motifs is 1. The molecule has 29 heavy (non-hydrogen) atoms. The summed E-state index contributed by atoms with van der Waals surface area (Å²) in [6.07, 6.45) is -5.25. The summed E-state index contributed by atoms with van der Waals surface area (Å²) in [5, 5.41) is 13.9. The molecule has 0 radical (unpaired) electrons. The lowest BCUT2D eigenvalue weighted by molar-refractivity contribution is -0.289. The third-order valence-electron chi connectivity index (χ3n) is 4.33. The summed E-state index contributed by atoms with van der Waals surface area (Å²) in [5.74, 6) is -4.79. The maximum atomic E-state index is 13.2. The third-order valence-corrected chi connectivity index (χ3v) is 4.33. The van der Waals surface area contributed by atoms with Crippen molar-refractivity contribution in [3.63, 3.8) is 0 Å². The number of benzene rings is 2. The second kappa shape index (κ2) is 7.86. The van der Waals surface area contributed by atoms with Gasteiger partial charge in [-0.15, -0.1) is 0 Å². The van der Waals surface area contributed by atoms with Crippen LogP contribution >= 0.6 is 0 Å². The molecule has 0 spiro atoms. The molecule has 0 saturated carbocycles. The summed E-state index contributed by atoms with van der Waals surface area (Å²) in [6.45, 7) is -1.45. The zero-order valence-corrected chi connectivity index (χ0v) is 15.1. The van der Waals surface area contributed by atoms with Crippen molar-refractivity contribution in [2.24, 2.45) is 0 Å². The number of aromatic nitrogens is 2. The van der Waals surface area contributed by atoms with Gasteiger partial charge >= 0.3 is 12.1 Å². The molecule has 0 aliphatic heterocycles. The van der Waals surface area contributed by atoms with Gasteiger partial charge in [-0.25, -0.2) is 0 Å². The Morgan fingerprint density at radius 2 is 1.79 bits per heavy atom. The van der Waals surface area contributed by atoms with E-state index in [1.54, 1.807) is 35.0 Å². The first-order chi connectivity index (χ1) is 13.6. The van der Waals surface area contributed by atoms with E-state index >= 15 is 0 Å². The quantitative estimate of drug-likeness (QED) is 0.566. The lowest BCUT2D eigenvalue weighted by atomic mass is 10.0. The van der Waals surface area contributed by atoms with Gasteiger partial charge in [0, 0.05) is 24.1 Å². The number of aliphatic hydroxyl groups excluding tert-OH is 1. The molecule has 0 aliphatic carbocycles. The van der Waals surface area contributed by atoms with Crippen LogP contribution in [0.4, 0.5) is 27.8 Å².